The van der Waals surface area contributed by atoms with Crippen LogP contribution >= 0.6 is 0 Å². The van der Waals surface area contributed by atoms with Crippen molar-refractivity contribution in [2.75, 3.05) is 11.9 Å². The Morgan fingerprint density at radius 2 is 1.90 bits per heavy atom. The summed E-state index contributed by atoms with van der Waals surface area (Å²) >= 11 is 0. The van der Waals surface area contributed by atoms with Gasteiger partial charge in [-0.3, -0.25) is 4.79 Å². The maximum Gasteiger partial charge on any atom is 0.308 e. The summed E-state index contributed by atoms with van der Waals surface area (Å²) in [5.41, 5.74) is 0.869. The van der Waals surface area contributed by atoms with Gasteiger partial charge < -0.3 is 10.4 Å². The van der Waals surface area contributed by atoms with Crippen molar-refractivity contribution in [2.24, 2.45) is 11.8 Å². The van der Waals surface area contributed by atoms with Crippen LogP contribution in [0.2, 0.25) is 0 Å². The first-order valence-electron chi connectivity index (χ1n) is 7.17. The van der Waals surface area contributed by atoms with Crippen LogP contribution in [0.5, 0.6) is 0 Å². The first-order valence-corrected chi connectivity index (χ1v) is 7.17. The van der Waals surface area contributed by atoms with E-state index in [1.165, 1.54) is 0 Å². The summed E-state index contributed by atoms with van der Waals surface area (Å²) in [6, 6.07) is 7.86. The second-order valence-corrected chi connectivity index (χ2v) is 5.73. The van der Waals surface area contributed by atoms with E-state index in [1.54, 1.807) is 0 Å². The molecule has 5 nitrogen and oxygen atoms in total. The number of anilines is 1. The maximum absolute atomic E-state index is 11.3. The van der Waals surface area contributed by atoms with Crippen molar-refractivity contribution in [3.8, 4) is 0 Å². The molecule has 1 unspecified atom stereocenters. The third kappa shape index (κ3) is 3.68. The highest BCUT2D eigenvalue weighted by Gasteiger charge is 2.19. The van der Waals surface area contributed by atoms with Gasteiger partial charge >= 0.3 is 5.97 Å². The molecular formula is C16H21N3O2. The molecule has 5 heteroatoms. The topological polar surface area (TPSA) is 75.1 Å². The van der Waals surface area contributed by atoms with E-state index in [2.05, 4.69) is 15.5 Å². The molecule has 0 amide bonds. The molecule has 1 aromatic carbocycles. The van der Waals surface area contributed by atoms with Crippen LogP contribution in [0.4, 0.5) is 5.82 Å². The quantitative estimate of drug-likeness (QED) is 0.854. The minimum Gasteiger partial charge on any atom is -0.481 e. The van der Waals surface area contributed by atoms with Crippen LogP contribution in [0.3, 0.4) is 0 Å². The van der Waals surface area contributed by atoms with Crippen molar-refractivity contribution in [3.05, 3.63) is 30.0 Å². The second kappa shape index (κ2) is 6.52. The summed E-state index contributed by atoms with van der Waals surface area (Å²) in [6.45, 7) is 6.32. The zero-order chi connectivity index (χ0) is 15.4. The van der Waals surface area contributed by atoms with E-state index in [1.807, 2.05) is 45.0 Å². The number of carboxylic acid groups (broad SMARTS) is 1. The molecule has 1 aromatic heterocycles. The summed E-state index contributed by atoms with van der Waals surface area (Å²) in [5, 5.41) is 22.7. The standard InChI is InChI=1S/C16H21N3O2/c1-10(2)8-12(16(20)21)9-17-15-14-7-5-4-6-13(14)11(3)18-19-15/h4-7,10,12H,8-9H2,1-3H3,(H,17,19)(H,20,21). The number of hydrogen-bond acceptors (Lipinski definition) is 4. The van der Waals surface area contributed by atoms with Gasteiger partial charge in [0.15, 0.2) is 5.82 Å². The molecule has 0 radical (unpaired) electrons. The Bertz CT molecular complexity index is 640. The van der Waals surface area contributed by atoms with E-state index >= 15 is 0 Å². The molecule has 0 bridgehead atoms. The lowest BCUT2D eigenvalue weighted by Gasteiger charge is -2.16. The molecule has 0 aliphatic carbocycles. The van der Waals surface area contributed by atoms with Gasteiger partial charge in [0, 0.05) is 17.3 Å². The highest BCUT2D eigenvalue weighted by atomic mass is 16.4. The highest BCUT2D eigenvalue weighted by Crippen LogP contribution is 2.23. The normalized spacial score (nSPS) is 12.6. The van der Waals surface area contributed by atoms with Gasteiger partial charge in [-0.1, -0.05) is 38.1 Å². The van der Waals surface area contributed by atoms with E-state index in [9.17, 15) is 9.90 Å². The van der Waals surface area contributed by atoms with Crippen LogP contribution in [0.1, 0.15) is 26.0 Å². The largest absolute Gasteiger partial charge is 0.481 e. The van der Waals surface area contributed by atoms with E-state index in [0.717, 1.165) is 16.5 Å². The summed E-state index contributed by atoms with van der Waals surface area (Å²) in [7, 11) is 0. The molecule has 21 heavy (non-hydrogen) atoms. The Labute approximate surface area is 124 Å². The minimum absolute atomic E-state index is 0.341. The minimum atomic E-state index is -0.777. The zero-order valence-corrected chi connectivity index (χ0v) is 12.6. The SMILES string of the molecule is Cc1nnc(NCC(CC(C)C)C(=O)O)c2ccccc12. The Kier molecular flexibility index (Phi) is 4.73. The fraction of sp³-hybridized carbons (Fsp3) is 0.438. The monoisotopic (exact) mass is 287 g/mol. The number of aliphatic carboxylic acids is 1. The fourth-order valence-corrected chi connectivity index (χ4v) is 2.43. The molecule has 0 saturated heterocycles. The molecule has 2 aromatic rings. The summed E-state index contributed by atoms with van der Waals surface area (Å²) in [5.74, 6) is -0.215. The number of aromatic nitrogens is 2. The maximum atomic E-state index is 11.3. The first-order chi connectivity index (χ1) is 9.99. The van der Waals surface area contributed by atoms with Crippen molar-refractivity contribution < 1.29 is 9.90 Å². The third-order valence-corrected chi connectivity index (χ3v) is 3.49. The highest BCUT2D eigenvalue weighted by molar-refractivity contribution is 5.92. The van der Waals surface area contributed by atoms with Gasteiger partial charge in [0.05, 0.1) is 11.6 Å². The number of hydrogen-bond donors (Lipinski definition) is 2. The van der Waals surface area contributed by atoms with Gasteiger partial charge in [0.25, 0.3) is 0 Å². The van der Waals surface area contributed by atoms with Gasteiger partial charge in [-0.25, -0.2) is 0 Å². The lowest BCUT2D eigenvalue weighted by atomic mass is 9.97. The molecular weight excluding hydrogens is 266 g/mol. The number of rotatable bonds is 6. The van der Waals surface area contributed by atoms with Crippen molar-refractivity contribution in [1.29, 1.82) is 0 Å². The van der Waals surface area contributed by atoms with E-state index in [4.69, 9.17) is 0 Å². The number of nitrogens with one attached hydrogen (secondary N) is 1. The van der Waals surface area contributed by atoms with Gasteiger partial charge in [0.2, 0.25) is 0 Å². The molecule has 0 saturated carbocycles. The Morgan fingerprint density at radius 1 is 1.24 bits per heavy atom. The van der Waals surface area contributed by atoms with Crippen LogP contribution in [-0.4, -0.2) is 27.8 Å². The number of carbonyl (C=O) groups is 1. The predicted molar refractivity (Wildman–Crippen MR) is 83.3 cm³/mol. The molecule has 0 aliphatic rings. The average molecular weight is 287 g/mol. The molecule has 112 valence electrons. The van der Waals surface area contributed by atoms with Gasteiger partial charge in [0.1, 0.15) is 0 Å². The first kappa shape index (κ1) is 15.2. The molecule has 0 fully saturated rings. The molecule has 0 spiro atoms. The van der Waals surface area contributed by atoms with E-state index in [-0.39, 0.29) is 0 Å². The molecule has 2 N–H and O–H groups in total. The predicted octanol–water partition coefficient (Wildman–Crippen LogP) is 3.10. The van der Waals surface area contributed by atoms with Crippen molar-refractivity contribution in [3.63, 3.8) is 0 Å². The third-order valence-electron chi connectivity index (χ3n) is 3.49. The van der Waals surface area contributed by atoms with Crippen molar-refractivity contribution in [1.82, 2.24) is 10.2 Å². The Morgan fingerprint density at radius 3 is 2.52 bits per heavy atom. The van der Waals surface area contributed by atoms with Crippen LogP contribution in [-0.2, 0) is 4.79 Å². The Hall–Kier alpha value is -2.17. The zero-order valence-electron chi connectivity index (χ0n) is 12.6. The molecule has 0 aliphatic heterocycles. The lowest BCUT2D eigenvalue weighted by Crippen LogP contribution is -2.25. The number of aryl methyl sites for hydroxylation is 1. The van der Waals surface area contributed by atoms with Crippen molar-refractivity contribution >= 4 is 22.6 Å². The summed E-state index contributed by atoms with van der Waals surface area (Å²) < 4.78 is 0. The van der Waals surface area contributed by atoms with Gasteiger partial charge in [-0.2, -0.15) is 5.10 Å². The number of fused-ring (bicyclic) bond motifs is 1. The number of carboxylic acids is 1. The van der Waals surface area contributed by atoms with Gasteiger partial charge in [-0.15, -0.1) is 5.10 Å². The lowest BCUT2D eigenvalue weighted by molar-refractivity contribution is -0.141. The summed E-state index contributed by atoms with van der Waals surface area (Å²) in [4.78, 5) is 11.3. The van der Waals surface area contributed by atoms with Gasteiger partial charge in [-0.05, 0) is 19.3 Å². The van der Waals surface area contributed by atoms with E-state index < -0.39 is 11.9 Å². The molecule has 1 atom stereocenters. The molecule has 1 heterocycles. The number of nitrogens with zero attached hydrogens (tertiary/aromatic N) is 2. The average Bonchev–Trinajstić information content (AvgIpc) is 2.45. The Balaban J connectivity index is 2.20. The smallest absolute Gasteiger partial charge is 0.308 e. The second-order valence-electron chi connectivity index (χ2n) is 5.73. The van der Waals surface area contributed by atoms with Crippen LogP contribution in [0.15, 0.2) is 24.3 Å². The number of benzene rings is 1. The summed E-state index contributed by atoms with van der Waals surface area (Å²) in [6.07, 6.45) is 0.638. The molecule has 2 rings (SSSR count). The van der Waals surface area contributed by atoms with Crippen LogP contribution in [0, 0.1) is 18.8 Å². The van der Waals surface area contributed by atoms with E-state index in [0.29, 0.717) is 24.7 Å². The van der Waals surface area contributed by atoms with Crippen LogP contribution < -0.4 is 5.32 Å². The van der Waals surface area contributed by atoms with Crippen LogP contribution in [0.25, 0.3) is 10.8 Å². The van der Waals surface area contributed by atoms with Crippen molar-refractivity contribution in [2.45, 2.75) is 27.2 Å². The fourth-order valence-electron chi connectivity index (χ4n) is 2.43.